The number of carbonyl (C=O) groups excluding carboxylic acids is 1. The van der Waals surface area contributed by atoms with Crippen molar-refractivity contribution in [1.82, 2.24) is 4.98 Å². The van der Waals surface area contributed by atoms with E-state index in [0.717, 1.165) is 0 Å². The topological polar surface area (TPSA) is 60.5 Å². The summed E-state index contributed by atoms with van der Waals surface area (Å²) in [6.45, 7) is 2.07. The van der Waals surface area contributed by atoms with Gasteiger partial charge in [-0.25, -0.2) is 4.79 Å². The van der Waals surface area contributed by atoms with Gasteiger partial charge in [0.05, 0.1) is 18.5 Å². The molecule has 0 spiro atoms. The number of nitrogens with zero attached hydrogens (tertiary/aromatic N) is 1. The van der Waals surface area contributed by atoms with E-state index in [-0.39, 0.29) is 6.61 Å². The van der Waals surface area contributed by atoms with Crippen molar-refractivity contribution in [1.29, 1.82) is 0 Å². The highest BCUT2D eigenvalue weighted by atomic mass is 19.3. The number of nitrogens with one attached hydrogen (secondary N) is 1. The highest BCUT2D eigenvalue weighted by Crippen LogP contribution is 2.13. The summed E-state index contributed by atoms with van der Waals surface area (Å²) in [5, 5.41) is 2.46. The number of carbonyl (C=O) groups is 1. The van der Waals surface area contributed by atoms with Gasteiger partial charge in [-0.1, -0.05) is 0 Å². The fourth-order valence-electron chi connectivity index (χ4n) is 1.22. The van der Waals surface area contributed by atoms with Gasteiger partial charge in [-0.2, -0.15) is 8.78 Å². The molecule has 1 aromatic heterocycles. The van der Waals surface area contributed by atoms with Gasteiger partial charge < -0.3 is 9.47 Å². The van der Waals surface area contributed by atoms with Crippen molar-refractivity contribution in [2.45, 2.75) is 39.6 Å². The summed E-state index contributed by atoms with van der Waals surface area (Å²) in [7, 11) is 0. The quantitative estimate of drug-likeness (QED) is 0.916. The number of amides is 1. The zero-order valence-electron chi connectivity index (χ0n) is 10.9. The molecule has 0 saturated carbocycles. The Morgan fingerprint density at radius 1 is 1.42 bits per heavy atom. The third kappa shape index (κ3) is 6.66. The number of hydrogen-bond donors (Lipinski definition) is 1. The van der Waals surface area contributed by atoms with Crippen LogP contribution >= 0.6 is 0 Å². The Hall–Kier alpha value is -1.76. The smallest absolute Gasteiger partial charge is 0.412 e. The molecule has 0 aliphatic carbocycles. The summed E-state index contributed by atoms with van der Waals surface area (Å²) in [6, 6.07) is 1.49. The molecule has 0 aromatic carbocycles. The van der Waals surface area contributed by atoms with E-state index in [2.05, 4.69) is 15.0 Å². The van der Waals surface area contributed by atoms with Crippen molar-refractivity contribution in [2.75, 3.05) is 5.32 Å². The average Bonchev–Trinajstić information content (AvgIpc) is 2.24. The summed E-state index contributed by atoms with van der Waals surface area (Å²) in [5.41, 5.74) is 0.159. The van der Waals surface area contributed by atoms with Crippen molar-refractivity contribution in [2.24, 2.45) is 0 Å². The number of anilines is 1. The second-order valence-electron chi connectivity index (χ2n) is 4.78. The monoisotopic (exact) mass is 274 g/mol. The summed E-state index contributed by atoms with van der Waals surface area (Å²) in [5.74, 6) is 0. The van der Waals surface area contributed by atoms with Gasteiger partial charge in [0.1, 0.15) is 5.60 Å². The first-order valence-corrected chi connectivity index (χ1v) is 5.60. The fraction of sp³-hybridized carbons (Fsp3) is 0.500. The van der Waals surface area contributed by atoms with E-state index in [1.165, 1.54) is 18.5 Å². The molecule has 0 aliphatic heterocycles. The van der Waals surface area contributed by atoms with E-state index in [0.29, 0.717) is 11.3 Å². The molecule has 0 unspecified atom stereocenters. The maximum absolute atomic E-state index is 11.9. The summed E-state index contributed by atoms with van der Waals surface area (Å²) >= 11 is 0. The van der Waals surface area contributed by atoms with Crippen LogP contribution < -0.4 is 5.32 Å². The number of aromatic nitrogens is 1. The van der Waals surface area contributed by atoms with Gasteiger partial charge in [0.15, 0.2) is 0 Å². The second kappa shape index (κ2) is 6.42. The lowest BCUT2D eigenvalue weighted by Gasteiger charge is -2.19. The van der Waals surface area contributed by atoms with Crippen LogP contribution in [-0.2, 0) is 16.1 Å². The van der Waals surface area contributed by atoms with Gasteiger partial charge in [0, 0.05) is 6.20 Å². The van der Waals surface area contributed by atoms with Crippen LogP contribution in [0.25, 0.3) is 0 Å². The highest BCUT2D eigenvalue weighted by Gasteiger charge is 2.16. The van der Waals surface area contributed by atoms with E-state index in [1.807, 2.05) is 0 Å². The van der Waals surface area contributed by atoms with Crippen molar-refractivity contribution in [3.05, 3.63) is 24.0 Å². The van der Waals surface area contributed by atoms with E-state index < -0.39 is 18.3 Å². The molecule has 0 aliphatic rings. The van der Waals surface area contributed by atoms with Gasteiger partial charge >= 0.3 is 12.7 Å². The van der Waals surface area contributed by atoms with Crippen molar-refractivity contribution < 1.29 is 23.0 Å². The van der Waals surface area contributed by atoms with Gasteiger partial charge in [-0.3, -0.25) is 10.3 Å². The van der Waals surface area contributed by atoms with Crippen LogP contribution in [0.4, 0.5) is 19.3 Å². The van der Waals surface area contributed by atoms with Crippen LogP contribution in [0.5, 0.6) is 0 Å². The average molecular weight is 274 g/mol. The molecule has 5 nitrogen and oxygen atoms in total. The van der Waals surface area contributed by atoms with Crippen molar-refractivity contribution in [3.63, 3.8) is 0 Å². The number of hydrogen-bond acceptors (Lipinski definition) is 4. The highest BCUT2D eigenvalue weighted by molar-refractivity contribution is 5.84. The molecule has 19 heavy (non-hydrogen) atoms. The number of rotatable bonds is 4. The van der Waals surface area contributed by atoms with Crippen LogP contribution in [0.3, 0.4) is 0 Å². The maximum Gasteiger partial charge on any atom is 0.412 e. The number of pyridine rings is 1. The Morgan fingerprint density at radius 3 is 2.68 bits per heavy atom. The van der Waals surface area contributed by atoms with Crippen molar-refractivity contribution >= 4 is 11.8 Å². The minimum Gasteiger partial charge on any atom is -0.444 e. The lowest BCUT2D eigenvalue weighted by atomic mass is 10.2. The van der Waals surface area contributed by atoms with E-state index in [9.17, 15) is 13.6 Å². The Labute approximate surface area is 109 Å². The molecule has 1 N–H and O–H groups in total. The van der Waals surface area contributed by atoms with Gasteiger partial charge in [-0.15, -0.1) is 0 Å². The van der Waals surface area contributed by atoms with Crippen molar-refractivity contribution in [3.8, 4) is 0 Å². The van der Waals surface area contributed by atoms with Gasteiger partial charge in [-0.05, 0) is 32.4 Å². The molecule has 1 rings (SSSR count). The van der Waals surface area contributed by atoms with Crippen LogP contribution in [0, 0.1) is 0 Å². The maximum atomic E-state index is 11.9. The molecule has 106 valence electrons. The van der Waals surface area contributed by atoms with E-state index in [4.69, 9.17) is 4.74 Å². The zero-order chi connectivity index (χ0) is 14.5. The lowest BCUT2D eigenvalue weighted by molar-refractivity contribution is -0.137. The first kappa shape index (κ1) is 15.3. The molecule has 7 heteroatoms. The molecular formula is C12H16F2N2O3. The Balaban J connectivity index is 2.59. The largest absolute Gasteiger partial charge is 0.444 e. The molecule has 0 fully saturated rings. The van der Waals surface area contributed by atoms with Crippen LogP contribution in [0.1, 0.15) is 26.3 Å². The first-order valence-electron chi connectivity index (χ1n) is 5.60. The SMILES string of the molecule is CC(C)(C)OC(=O)Nc1cncc(COC(F)F)c1. The molecular weight excluding hydrogens is 258 g/mol. The van der Waals surface area contributed by atoms with Gasteiger partial charge in [0.2, 0.25) is 0 Å². The Bertz CT molecular complexity index is 433. The summed E-state index contributed by atoms with van der Waals surface area (Å²) in [6.07, 6.45) is 2.12. The molecule has 0 bridgehead atoms. The van der Waals surface area contributed by atoms with Crippen LogP contribution in [-0.4, -0.2) is 23.3 Å². The van der Waals surface area contributed by atoms with Crippen LogP contribution in [0.15, 0.2) is 18.5 Å². The molecule has 0 saturated heterocycles. The standard InChI is InChI=1S/C12H16F2N2O3/c1-12(2,3)19-11(17)16-9-4-8(5-15-6-9)7-18-10(13)14/h4-6,10H,7H2,1-3H3,(H,16,17). The molecule has 0 radical (unpaired) electrons. The van der Waals surface area contributed by atoms with E-state index >= 15 is 0 Å². The second-order valence-corrected chi connectivity index (χ2v) is 4.78. The predicted octanol–water partition coefficient (Wildman–Crippen LogP) is 3.17. The Kier molecular flexibility index (Phi) is 5.17. The van der Waals surface area contributed by atoms with Gasteiger partial charge in [0.25, 0.3) is 0 Å². The summed E-state index contributed by atoms with van der Waals surface area (Å²) in [4.78, 5) is 15.3. The summed E-state index contributed by atoms with van der Waals surface area (Å²) < 4.78 is 33.0. The number of alkyl halides is 2. The lowest BCUT2D eigenvalue weighted by Crippen LogP contribution is -2.27. The fourth-order valence-corrected chi connectivity index (χ4v) is 1.22. The van der Waals surface area contributed by atoms with Crippen LogP contribution in [0.2, 0.25) is 0 Å². The number of ether oxygens (including phenoxy) is 2. The molecule has 0 atom stereocenters. The normalized spacial score (nSPS) is 11.5. The third-order valence-electron chi connectivity index (χ3n) is 1.82. The third-order valence-corrected chi connectivity index (χ3v) is 1.82. The predicted molar refractivity (Wildman–Crippen MR) is 64.9 cm³/mol. The molecule has 1 aromatic rings. The minimum atomic E-state index is -2.84. The number of halogens is 2. The minimum absolute atomic E-state index is 0.283. The molecule has 1 heterocycles. The molecule has 1 amide bonds. The van der Waals surface area contributed by atoms with E-state index in [1.54, 1.807) is 20.8 Å². The first-order chi connectivity index (χ1) is 8.76. The zero-order valence-corrected chi connectivity index (χ0v) is 10.9. The Morgan fingerprint density at radius 2 is 2.11 bits per heavy atom.